The molecule has 0 radical (unpaired) electrons. The molecule has 3 heteroatoms. The van der Waals surface area contributed by atoms with Crippen LogP contribution in [0.5, 0.6) is 0 Å². The molecular formula is C38H33BO2. The molecule has 6 aromatic rings. The molecule has 0 unspecified atom stereocenters. The van der Waals surface area contributed by atoms with Gasteiger partial charge in [-0.2, -0.15) is 0 Å². The average Bonchev–Trinajstić information content (AvgIpc) is 3.00. The van der Waals surface area contributed by atoms with Gasteiger partial charge in [0, 0.05) is 11.1 Å². The first-order chi connectivity index (χ1) is 19.9. The van der Waals surface area contributed by atoms with Crippen molar-refractivity contribution >= 4 is 46.0 Å². The minimum Gasteiger partial charge on any atom is -0.556 e. The number of benzene rings is 6. The summed E-state index contributed by atoms with van der Waals surface area (Å²) in [5.41, 5.74) is 9.47. The van der Waals surface area contributed by atoms with E-state index in [4.69, 9.17) is 4.65 Å². The zero-order chi connectivity index (χ0) is 28.5. The number of rotatable bonds is 6. The zero-order valence-electron chi connectivity index (χ0n) is 24.0. The van der Waals surface area contributed by atoms with Crippen LogP contribution < -0.4 is 5.46 Å². The molecule has 0 amide bonds. The van der Waals surface area contributed by atoms with Crippen LogP contribution >= 0.6 is 0 Å². The van der Waals surface area contributed by atoms with Gasteiger partial charge in [0.2, 0.25) is 0 Å². The van der Waals surface area contributed by atoms with Crippen molar-refractivity contribution in [3.8, 4) is 11.1 Å². The highest BCUT2D eigenvalue weighted by Gasteiger charge is 2.21. The molecule has 0 atom stereocenters. The maximum absolute atomic E-state index is 11.8. The van der Waals surface area contributed by atoms with Gasteiger partial charge in [0.25, 0.3) is 0 Å². The number of aliphatic hydroxyl groups excluding tert-OH is 1. The second-order valence-corrected chi connectivity index (χ2v) is 10.9. The highest BCUT2D eigenvalue weighted by molar-refractivity contribution is 6.57. The van der Waals surface area contributed by atoms with E-state index in [0.29, 0.717) is 13.2 Å². The summed E-state index contributed by atoms with van der Waals surface area (Å²) < 4.78 is 6.75. The summed E-state index contributed by atoms with van der Waals surface area (Å²) in [6.45, 7) is 8.20. The largest absolute Gasteiger partial charge is 0.556 e. The van der Waals surface area contributed by atoms with Gasteiger partial charge in [0.05, 0.1) is 0 Å². The Balaban J connectivity index is 1.56. The van der Waals surface area contributed by atoms with Crippen molar-refractivity contribution in [3.63, 3.8) is 0 Å². The summed E-state index contributed by atoms with van der Waals surface area (Å²) in [5.74, 6) is 0.662. The lowest BCUT2D eigenvalue weighted by Gasteiger charge is -2.20. The number of aryl methyl sites for hydroxylation is 4. The normalized spacial score (nSPS) is 11.9. The van der Waals surface area contributed by atoms with E-state index in [1.54, 1.807) is 0 Å². The van der Waals surface area contributed by atoms with Gasteiger partial charge in [0.15, 0.2) is 5.76 Å². The molecule has 6 aromatic carbocycles. The van der Waals surface area contributed by atoms with E-state index in [0.717, 1.165) is 49.6 Å². The molecule has 0 heterocycles. The molecule has 0 bridgehead atoms. The van der Waals surface area contributed by atoms with Crippen LogP contribution in [0, 0.1) is 27.7 Å². The van der Waals surface area contributed by atoms with Crippen molar-refractivity contribution in [2.24, 2.45) is 0 Å². The highest BCUT2D eigenvalue weighted by atomic mass is 16.4. The van der Waals surface area contributed by atoms with Crippen molar-refractivity contribution in [2.45, 2.75) is 27.7 Å². The lowest BCUT2D eigenvalue weighted by atomic mass is 9.77. The molecule has 0 saturated heterocycles. The molecular weight excluding hydrogens is 499 g/mol. The first-order valence-electron chi connectivity index (χ1n) is 14.1. The Hall–Kier alpha value is -4.76. The van der Waals surface area contributed by atoms with E-state index in [-0.39, 0.29) is 5.76 Å². The highest BCUT2D eigenvalue weighted by Crippen LogP contribution is 2.36. The van der Waals surface area contributed by atoms with Crippen LogP contribution in [0.1, 0.15) is 33.4 Å². The Labute approximate surface area is 242 Å². The Morgan fingerprint density at radius 2 is 1.05 bits per heavy atom. The predicted octanol–water partition coefficient (Wildman–Crippen LogP) is 8.97. The lowest BCUT2D eigenvalue weighted by molar-refractivity contribution is 0.479. The molecule has 0 aliphatic rings. The minimum absolute atomic E-state index is 0.161. The van der Waals surface area contributed by atoms with Crippen molar-refractivity contribution in [1.29, 1.82) is 0 Å². The molecule has 200 valence electrons. The van der Waals surface area contributed by atoms with Crippen LogP contribution in [0.25, 0.3) is 44.2 Å². The zero-order valence-corrected chi connectivity index (χ0v) is 24.0. The first kappa shape index (κ1) is 26.5. The molecule has 0 saturated carbocycles. The van der Waals surface area contributed by atoms with Gasteiger partial charge in [-0.05, 0) is 89.1 Å². The van der Waals surface area contributed by atoms with E-state index in [1.807, 2.05) is 26.0 Å². The number of fused-ring (bicyclic) bond motifs is 2. The predicted molar refractivity (Wildman–Crippen MR) is 176 cm³/mol. The third-order valence-corrected chi connectivity index (χ3v) is 7.97. The van der Waals surface area contributed by atoms with Crippen LogP contribution in [-0.2, 0) is 4.65 Å². The summed E-state index contributed by atoms with van der Waals surface area (Å²) in [5, 5.41) is 16.5. The fourth-order valence-corrected chi connectivity index (χ4v) is 5.80. The smallest absolute Gasteiger partial charge is 0.375 e. The first-order valence-corrected chi connectivity index (χ1v) is 14.1. The molecule has 1 N–H and O–H groups in total. The van der Waals surface area contributed by atoms with E-state index < -0.39 is 0 Å². The summed E-state index contributed by atoms with van der Waals surface area (Å²) in [6, 6.07) is 40.1. The van der Waals surface area contributed by atoms with Crippen LogP contribution in [-0.4, -0.2) is 12.6 Å². The number of hydrogen-bond acceptors (Lipinski definition) is 2. The average molecular weight is 532 g/mol. The Morgan fingerprint density at radius 3 is 1.63 bits per heavy atom. The quantitative estimate of drug-likeness (QED) is 0.100. The molecule has 0 aliphatic carbocycles. The summed E-state index contributed by atoms with van der Waals surface area (Å²) in [4.78, 5) is 0. The molecule has 6 rings (SSSR count). The van der Waals surface area contributed by atoms with Crippen molar-refractivity contribution in [3.05, 3.63) is 149 Å². The van der Waals surface area contributed by atoms with Gasteiger partial charge in [-0.25, -0.2) is 0 Å². The van der Waals surface area contributed by atoms with Crippen LogP contribution in [0.4, 0.5) is 0 Å². The van der Waals surface area contributed by atoms with Crippen LogP contribution in [0.15, 0.2) is 115 Å². The van der Waals surface area contributed by atoms with Gasteiger partial charge in [-0.15, -0.1) is 0 Å². The third kappa shape index (κ3) is 5.00. The van der Waals surface area contributed by atoms with Gasteiger partial charge >= 0.3 is 7.48 Å². The Morgan fingerprint density at radius 1 is 0.561 bits per heavy atom. The topological polar surface area (TPSA) is 29.5 Å². The SMILES string of the molecule is Cc1ccc(C)c(/C(O)=C(/OBc2c3ccccc3c(-c3ccccc3)c3ccccc23)c2cc(C)ccc2C)c1. The van der Waals surface area contributed by atoms with Crippen molar-refractivity contribution < 1.29 is 9.76 Å². The van der Waals surface area contributed by atoms with E-state index in [1.165, 1.54) is 21.9 Å². The van der Waals surface area contributed by atoms with Gasteiger partial charge in [-0.3, -0.25) is 0 Å². The maximum atomic E-state index is 11.8. The van der Waals surface area contributed by atoms with E-state index >= 15 is 0 Å². The van der Waals surface area contributed by atoms with Crippen LogP contribution in [0.2, 0.25) is 0 Å². The standard InChI is InChI=1S/C38H33BO2/c1-24-18-20-26(3)33(22-24)37(40)38(34-23-25(2)19-21-27(34)4)41-39-36-31-16-10-8-14-29(31)35(28-12-6-5-7-13-28)30-15-9-11-17-32(30)36/h5-23,39-40H,1-4H3/b38-37-. The van der Waals surface area contributed by atoms with E-state index in [2.05, 4.69) is 117 Å². The summed E-state index contributed by atoms with van der Waals surface area (Å²) in [7, 11) is 0.313. The monoisotopic (exact) mass is 532 g/mol. The van der Waals surface area contributed by atoms with Crippen LogP contribution in [0.3, 0.4) is 0 Å². The lowest BCUT2D eigenvalue weighted by Crippen LogP contribution is -2.21. The molecule has 0 fully saturated rings. The summed E-state index contributed by atoms with van der Waals surface area (Å²) >= 11 is 0. The molecule has 2 nitrogen and oxygen atoms in total. The number of hydrogen-bond donors (Lipinski definition) is 1. The maximum Gasteiger partial charge on any atom is 0.375 e. The van der Waals surface area contributed by atoms with Crippen molar-refractivity contribution in [2.75, 3.05) is 0 Å². The Kier molecular flexibility index (Phi) is 7.11. The van der Waals surface area contributed by atoms with E-state index in [9.17, 15) is 5.11 Å². The third-order valence-electron chi connectivity index (χ3n) is 7.97. The Bertz CT molecular complexity index is 1880. The molecule has 0 aromatic heterocycles. The number of aliphatic hydroxyl groups is 1. The van der Waals surface area contributed by atoms with Crippen molar-refractivity contribution in [1.82, 2.24) is 0 Å². The molecule has 0 aliphatic heterocycles. The molecule has 41 heavy (non-hydrogen) atoms. The summed E-state index contributed by atoms with van der Waals surface area (Å²) in [6.07, 6.45) is 0. The minimum atomic E-state index is 0.161. The van der Waals surface area contributed by atoms with Gasteiger partial charge in [0.1, 0.15) is 5.76 Å². The van der Waals surface area contributed by atoms with Gasteiger partial charge in [-0.1, -0.05) is 114 Å². The second kappa shape index (κ2) is 11.0. The second-order valence-electron chi connectivity index (χ2n) is 10.9. The fraction of sp³-hybridized carbons (Fsp3) is 0.105. The fourth-order valence-electron chi connectivity index (χ4n) is 5.80. The van der Waals surface area contributed by atoms with Gasteiger partial charge < -0.3 is 9.76 Å². The molecule has 0 spiro atoms.